The van der Waals surface area contributed by atoms with Crippen molar-refractivity contribution in [2.45, 2.75) is 53.6 Å². The predicted octanol–water partition coefficient (Wildman–Crippen LogP) is 2.28. The molecule has 0 saturated heterocycles. The Labute approximate surface area is 240 Å². The van der Waals surface area contributed by atoms with E-state index in [-0.39, 0.29) is 47.3 Å². The molecule has 0 rings (SSSR count). The Bertz CT molecular complexity index is 855. The van der Waals surface area contributed by atoms with Gasteiger partial charge in [-0.15, -0.1) is 0 Å². The zero-order valence-electron chi connectivity index (χ0n) is 24.4. The third-order valence-electron chi connectivity index (χ3n) is 4.47. The van der Waals surface area contributed by atoms with Crippen LogP contribution in [0.4, 0.5) is 0 Å². The Morgan fingerprint density at radius 3 is 1.12 bits per heavy atom. The molecule has 13 nitrogen and oxygen atoms in total. The molecule has 0 amide bonds. The van der Waals surface area contributed by atoms with Crippen LogP contribution in [0.2, 0.25) is 0 Å². The SMILES string of the molecule is C=C(C)C(=O)O.C=C(C)C(=O)O.C=C(C)C(=O)O.C=C(C)C(=O)OCC(CCC(CO)(CO)CO)OC(=O)C(=C)C. The van der Waals surface area contributed by atoms with Crippen LogP contribution in [0, 0.1) is 5.41 Å². The molecule has 0 aliphatic heterocycles. The number of carbonyl (C=O) groups excluding carboxylic acids is 2. The van der Waals surface area contributed by atoms with Gasteiger partial charge in [0.15, 0.2) is 0 Å². The summed E-state index contributed by atoms with van der Waals surface area (Å²) in [5.41, 5.74) is -0.156. The summed E-state index contributed by atoms with van der Waals surface area (Å²) in [7, 11) is 0. The van der Waals surface area contributed by atoms with E-state index in [1.165, 1.54) is 34.6 Å². The van der Waals surface area contributed by atoms with Gasteiger partial charge in [-0.3, -0.25) is 0 Å². The normalized spacial score (nSPS) is 10.2. The lowest BCUT2D eigenvalue weighted by Crippen LogP contribution is -2.36. The van der Waals surface area contributed by atoms with Crippen LogP contribution in [0.15, 0.2) is 60.8 Å². The highest BCUT2D eigenvalue weighted by atomic mass is 16.6. The second kappa shape index (κ2) is 23.8. The van der Waals surface area contributed by atoms with Crippen LogP contribution < -0.4 is 0 Å². The maximum absolute atomic E-state index is 11.6. The number of aliphatic hydroxyl groups excluding tert-OH is 3. The molecule has 1 unspecified atom stereocenters. The second-order valence-corrected chi connectivity index (χ2v) is 8.96. The number of hydrogen-bond donors (Lipinski definition) is 6. The molecule has 0 radical (unpaired) electrons. The van der Waals surface area contributed by atoms with Gasteiger partial charge in [0.1, 0.15) is 12.7 Å². The molecular weight excluding hydrogens is 544 g/mol. The van der Waals surface area contributed by atoms with Crippen LogP contribution >= 0.6 is 0 Å². The summed E-state index contributed by atoms with van der Waals surface area (Å²) in [4.78, 5) is 51.9. The topological polar surface area (TPSA) is 225 Å². The molecule has 1 atom stereocenters. The van der Waals surface area contributed by atoms with Gasteiger partial charge < -0.3 is 40.1 Å². The number of aliphatic hydroxyl groups is 3. The zero-order valence-corrected chi connectivity index (χ0v) is 24.4. The molecular formula is C28H44O13. The second-order valence-electron chi connectivity index (χ2n) is 8.96. The third kappa shape index (κ3) is 25.9. The number of hydrogen-bond acceptors (Lipinski definition) is 10. The number of rotatable bonds is 14. The van der Waals surface area contributed by atoms with Crippen LogP contribution in [-0.4, -0.2) is 93.0 Å². The minimum Gasteiger partial charge on any atom is -0.478 e. The van der Waals surface area contributed by atoms with Gasteiger partial charge in [0.2, 0.25) is 0 Å². The van der Waals surface area contributed by atoms with Crippen molar-refractivity contribution in [1.82, 2.24) is 0 Å². The summed E-state index contributed by atoms with van der Waals surface area (Å²) in [5, 5.41) is 51.6. The van der Waals surface area contributed by atoms with E-state index in [0.717, 1.165) is 0 Å². The highest BCUT2D eigenvalue weighted by molar-refractivity contribution is 5.88. The Hall–Kier alpha value is -4.07. The first kappa shape index (κ1) is 44.0. The van der Waals surface area contributed by atoms with Crippen molar-refractivity contribution in [2.24, 2.45) is 5.41 Å². The quantitative estimate of drug-likeness (QED) is 0.127. The fourth-order valence-corrected chi connectivity index (χ4v) is 1.57. The van der Waals surface area contributed by atoms with E-state index in [2.05, 4.69) is 32.9 Å². The van der Waals surface area contributed by atoms with Crippen molar-refractivity contribution in [1.29, 1.82) is 0 Å². The van der Waals surface area contributed by atoms with Crippen molar-refractivity contribution in [3.05, 3.63) is 60.8 Å². The standard InChI is InChI=1S/C16H26O7.3C4H6O2/c1-11(2)14(20)22-7-13(23-15(21)12(3)4)5-6-16(8-17,9-18)10-19;3*1-3(2)4(5)6/h13,17-19H,1,3,5-10H2,2,4H3;3*1H2,2H3,(H,5,6). The molecule has 234 valence electrons. The molecule has 6 N–H and O–H groups in total. The summed E-state index contributed by atoms with van der Waals surface area (Å²) in [6.45, 7) is 22.2. The van der Waals surface area contributed by atoms with Crippen LogP contribution in [0.1, 0.15) is 47.5 Å². The molecule has 0 aromatic heterocycles. The minimum absolute atomic E-state index is 0.176. The number of carbonyl (C=O) groups is 5. The van der Waals surface area contributed by atoms with Gasteiger partial charge in [-0.25, -0.2) is 24.0 Å². The Morgan fingerprint density at radius 1 is 0.610 bits per heavy atom. The molecule has 0 aliphatic carbocycles. The minimum atomic E-state index is -1.09. The van der Waals surface area contributed by atoms with E-state index in [9.17, 15) is 39.3 Å². The summed E-state index contributed by atoms with van der Waals surface area (Å²) < 4.78 is 10.2. The number of ether oxygens (including phenoxy) is 2. The molecule has 0 aromatic carbocycles. The molecule has 13 heteroatoms. The van der Waals surface area contributed by atoms with Gasteiger partial charge in [-0.1, -0.05) is 32.9 Å². The number of carboxylic acid groups (broad SMARTS) is 3. The fraction of sp³-hybridized carbons (Fsp3) is 0.464. The van der Waals surface area contributed by atoms with Crippen molar-refractivity contribution >= 4 is 29.8 Å². The van der Waals surface area contributed by atoms with Gasteiger partial charge in [0.25, 0.3) is 0 Å². The first-order valence-corrected chi connectivity index (χ1v) is 11.8. The Morgan fingerprint density at radius 2 is 0.902 bits per heavy atom. The lowest BCUT2D eigenvalue weighted by atomic mass is 9.85. The van der Waals surface area contributed by atoms with Crippen molar-refractivity contribution < 1.29 is 64.1 Å². The van der Waals surface area contributed by atoms with E-state index < -0.39 is 61.2 Å². The van der Waals surface area contributed by atoms with Gasteiger partial charge in [0, 0.05) is 33.3 Å². The number of esters is 2. The molecule has 41 heavy (non-hydrogen) atoms. The Kier molecular flexibility index (Phi) is 25.5. The molecule has 0 fully saturated rings. The highest BCUT2D eigenvalue weighted by Crippen LogP contribution is 2.24. The van der Waals surface area contributed by atoms with Crippen LogP contribution in [0.25, 0.3) is 0 Å². The lowest BCUT2D eigenvalue weighted by Gasteiger charge is -2.29. The van der Waals surface area contributed by atoms with E-state index in [1.54, 1.807) is 0 Å². The van der Waals surface area contributed by atoms with Crippen molar-refractivity contribution in [3.63, 3.8) is 0 Å². The number of aliphatic carboxylic acids is 3. The van der Waals surface area contributed by atoms with Crippen LogP contribution in [0.5, 0.6) is 0 Å². The first-order chi connectivity index (χ1) is 18.6. The van der Waals surface area contributed by atoms with Crippen molar-refractivity contribution in [3.8, 4) is 0 Å². The first-order valence-electron chi connectivity index (χ1n) is 11.8. The zero-order chi connectivity index (χ0) is 33.5. The molecule has 0 aromatic rings. The average Bonchev–Trinajstić information content (AvgIpc) is 2.88. The molecule has 0 heterocycles. The smallest absolute Gasteiger partial charge is 0.333 e. The van der Waals surface area contributed by atoms with E-state index >= 15 is 0 Å². The van der Waals surface area contributed by atoms with E-state index in [1.807, 2.05) is 0 Å². The summed E-state index contributed by atoms with van der Waals surface area (Å²) in [6, 6.07) is 0. The van der Waals surface area contributed by atoms with Crippen LogP contribution in [-0.2, 0) is 33.4 Å². The van der Waals surface area contributed by atoms with Crippen molar-refractivity contribution in [2.75, 3.05) is 26.4 Å². The summed E-state index contributed by atoms with van der Waals surface area (Å²) in [5.74, 6) is -4.05. The molecule has 0 saturated carbocycles. The lowest BCUT2D eigenvalue weighted by molar-refractivity contribution is -0.155. The number of carboxylic acids is 3. The maximum atomic E-state index is 11.6. The van der Waals surface area contributed by atoms with Gasteiger partial charge in [-0.05, 0) is 47.5 Å². The third-order valence-corrected chi connectivity index (χ3v) is 4.47. The average molecular weight is 589 g/mol. The largest absolute Gasteiger partial charge is 0.478 e. The Balaban J connectivity index is -0.000000305. The van der Waals surface area contributed by atoms with Crippen LogP contribution in [0.3, 0.4) is 0 Å². The van der Waals surface area contributed by atoms with Gasteiger partial charge in [-0.2, -0.15) is 0 Å². The summed E-state index contributed by atoms with van der Waals surface area (Å²) in [6.07, 6.45) is -0.425. The molecule has 0 aliphatic rings. The highest BCUT2D eigenvalue weighted by Gasteiger charge is 2.30. The fourth-order valence-electron chi connectivity index (χ4n) is 1.57. The summed E-state index contributed by atoms with van der Waals surface area (Å²) >= 11 is 0. The molecule has 0 bridgehead atoms. The van der Waals surface area contributed by atoms with Gasteiger partial charge >= 0.3 is 29.8 Å². The predicted molar refractivity (Wildman–Crippen MR) is 151 cm³/mol. The maximum Gasteiger partial charge on any atom is 0.333 e. The van der Waals surface area contributed by atoms with Gasteiger partial charge in [0.05, 0.1) is 19.8 Å². The monoisotopic (exact) mass is 588 g/mol. The molecule has 0 spiro atoms. The van der Waals surface area contributed by atoms with E-state index in [4.69, 9.17) is 24.8 Å². The van der Waals surface area contributed by atoms with E-state index in [0.29, 0.717) is 0 Å².